The van der Waals surface area contributed by atoms with Crippen molar-refractivity contribution in [3.8, 4) is 39.1 Å². The lowest BCUT2D eigenvalue weighted by molar-refractivity contribution is 0.745. The van der Waals surface area contributed by atoms with Crippen LogP contribution in [0, 0.1) is 0 Å². The molecule has 0 radical (unpaired) electrons. The Morgan fingerprint density at radius 3 is 1.64 bits per heavy atom. The zero-order chi connectivity index (χ0) is 40.1. The maximum atomic E-state index is 2.46. The maximum absolute atomic E-state index is 2.46. The van der Waals surface area contributed by atoms with Gasteiger partial charge in [0.15, 0.2) is 0 Å². The Morgan fingerprint density at radius 2 is 0.869 bits per heavy atom. The highest BCUT2D eigenvalue weighted by Crippen LogP contribution is 2.64. The van der Waals surface area contributed by atoms with Crippen LogP contribution in [0.5, 0.6) is 0 Å². The molecule has 0 fully saturated rings. The van der Waals surface area contributed by atoms with Crippen molar-refractivity contribution in [2.45, 2.75) is 5.41 Å². The molecule has 10 aromatic carbocycles. The molecule has 0 N–H and O–H groups in total. The molecule has 0 unspecified atom stereocenters. The normalized spacial score (nSPS) is 13.0. The lowest BCUT2D eigenvalue weighted by Gasteiger charge is -2.43. The standard InChI is InChI=1S/C59H38N2/c1-3-13-39(14-4-1)42-28-36-57-51(37-42)50-20-8-10-24-56(50)61(57)47-33-31-46(32-34-47)60(44-17-5-2-6-18-44)45-29-25-40(26-30-45)43-27-35-49-48-19-7-9-21-52(48)59(55(49)38-43)53-22-11-15-41-16-12-23-54(59)58(41)53/h1-38H. The fourth-order valence-electron chi connectivity index (χ4n) is 10.7. The van der Waals surface area contributed by atoms with Gasteiger partial charge in [0.1, 0.15) is 0 Å². The second kappa shape index (κ2) is 13.0. The molecule has 0 amide bonds. The third-order valence-corrected chi connectivity index (χ3v) is 13.4. The number of nitrogens with zero attached hydrogens (tertiary/aromatic N) is 2. The number of fused-ring (bicyclic) bond motifs is 10. The number of hydrogen-bond acceptors (Lipinski definition) is 1. The minimum Gasteiger partial charge on any atom is -0.311 e. The van der Waals surface area contributed by atoms with Crippen LogP contribution in [0.4, 0.5) is 17.1 Å². The van der Waals surface area contributed by atoms with Gasteiger partial charge in [0.25, 0.3) is 0 Å². The molecule has 61 heavy (non-hydrogen) atoms. The monoisotopic (exact) mass is 774 g/mol. The van der Waals surface area contributed by atoms with Gasteiger partial charge in [-0.3, -0.25) is 0 Å². The molecule has 0 atom stereocenters. The molecular formula is C59H38N2. The van der Waals surface area contributed by atoms with Crippen molar-refractivity contribution >= 4 is 49.6 Å². The largest absolute Gasteiger partial charge is 0.311 e. The molecule has 1 heterocycles. The summed E-state index contributed by atoms with van der Waals surface area (Å²) in [4.78, 5) is 2.35. The van der Waals surface area contributed by atoms with Crippen molar-refractivity contribution < 1.29 is 0 Å². The van der Waals surface area contributed by atoms with E-state index in [-0.39, 0.29) is 5.41 Å². The second-order valence-corrected chi connectivity index (χ2v) is 16.4. The molecule has 2 nitrogen and oxygen atoms in total. The first-order valence-corrected chi connectivity index (χ1v) is 21.2. The Kier molecular flexibility index (Phi) is 7.26. The minimum atomic E-state index is -0.251. The van der Waals surface area contributed by atoms with Gasteiger partial charge in [0.2, 0.25) is 0 Å². The van der Waals surface area contributed by atoms with E-state index in [0.717, 1.165) is 22.7 Å². The van der Waals surface area contributed by atoms with Gasteiger partial charge in [-0.05, 0) is 139 Å². The van der Waals surface area contributed by atoms with Crippen molar-refractivity contribution in [3.05, 3.63) is 253 Å². The Hall–Kier alpha value is -7.94. The fourth-order valence-corrected chi connectivity index (χ4v) is 10.7. The van der Waals surface area contributed by atoms with Crippen molar-refractivity contribution in [2.24, 2.45) is 0 Å². The molecule has 2 heteroatoms. The number of aromatic nitrogens is 1. The second-order valence-electron chi connectivity index (χ2n) is 16.4. The predicted molar refractivity (Wildman–Crippen MR) is 255 cm³/mol. The smallest absolute Gasteiger partial charge is 0.0725 e. The molecule has 0 aliphatic heterocycles. The van der Waals surface area contributed by atoms with Gasteiger partial charge in [-0.25, -0.2) is 0 Å². The third-order valence-electron chi connectivity index (χ3n) is 13.4. The van der Waals surface area contributed by atoms with Crippen LogP contribution in [0.3, 0.4) is 0 Å². The Bertz CT molecular complexity index is 3470. The van der Waals surface area contributed by atoms with Gasteiger partial charge in [0.05, 0.1) is 16.4 Å². The summed E-state index contributed by atoms with van der Waals surface area (Å²) in [6.07, 6.45) is 0. The molecule has 0 saturated heterocycles. The first-order chi connectivity index (χ1) is 30.3. The molecule has 0 saturated carbocycles. The number of hydrogen-bond donors (Lipinski definition) is 0. The van der Waals surface area contributed by atoms with Crippen molar-refractivity contribution in [3.63, 3.8) is 0 Å². The highest BCUT2D eigenvalue weighted by Gasteiger charge is 2.53. The van der Waals surface area contributed by atoms with Crippen LogP contribution < -0.4 is 4.90 Å². The SMILES string of the molecule is c1ccc(-c2ccc3c(c2)c2ccccc2n3-c2ccc(N(c3ccccc3)c3ccc(-c4ccc5c(c4)C4(c6ccccc6-5)c5cccc6cccc4c56)cc3)cc2)cc1. The van der Waals surface area contributed by atoms with Crippen LogP contribution in [0.1, 0.15) is 22.3 Å². The first kappa shape index (κ1) is 34.0. The van der Waals surface area contributed by atoms with E-state index in [9.17, 15) is 0 Å². The van der Waals surface area contributed by atoms with Crippen molar-refractivity contribution in [1.29, 1.82) is 0 Å². The molecular weight excluding hydrogens is 737 g/mol. The highest BCUT2D eigenvalue weighted by atomic mass is 15.1. The van der Waals surface area contributed by atoms with Crippen LogP contribution in [0.15, 0.2) is 231 Å². The molecule has 13 rings (SSSR count). The van der Waals surface area contributed by atoms with Crippen LogP contribution in [0.25, 0.3) is 71.6 Å². The first-order valence-electron chi connectivity index (χ1n) is 21.2. The van der Waals surface area contributed by atoms with E-state index in [1.165, 1.54) is 88.2 Å². The predicted octanol–water partition coefficient (Wildman–Crippen LogP) is 15.4. The van der Waals surface area contributed by atoms with Gasteiger partial charge in [0, 0.05) is 33.5 Å². The zero-order valence-electron chi connectivity index (χ0n) is 33.3. The van der Waals surface area contributed by atoms with Gasteiger partial charge in [-0.1, -0.05) is 158 Å². The summed E-state index contributed by atoms with van der Waals surface area (Å²) in [5, 5.41) is 5.23. The molecule has 11 aromatic rings. The van der Waals surface area contributed by atoms with E-state index >= 15 is 0 Å². The number of para-hydroxylation sites is 2. The van der Waals surface area contributed by atoms with E-state index < -0.39 is 0 Å². The van der Waals surface area contributed by atoms with E-state index in [1.54, 1.807) is 0 Å². The highest BCUT2D eigenvalue weighted by molar-refractivity contribution is 6.10. The quantitative estimate of drug-likeness (QED) is 0.163. The summed E-state index contributed by atoms with van der Waals surface area (Å²) in [6.45, 7) is 0. The molecule has 284 valence electrons. The van der Waals surface area contributed by atoms with E-state index in [2.05, 4.69) is 240 Å². The van der Waals surface area contributed by atoms with Crippen LogP contribution in [0.2, 0.25) is 0 Å². The van der Waals surface area contributed by atoms with Crippen LogP contribution in [-0.4, -0.2) is 4.57 Å². The third kappa shape index (κ3) is 4.85. The van der Waals surface area contributed by atoms with Gasteiger partial charge in [-0.15, -0.1) is 0 Å². The number of benzene rings is 10. The fraction of sp³-hybridized carbons (Fsp3) is 0.0169. The van der Waals surface area contributed by atoms with Gasteiger partial charge in [-0.2, -0.15) is 0 Å². The average Bonchev–Trinajstić information content (AvgIpc) is 3.83. The van der Waals surface area contributed by atoms with E-state index in [4.69, 9.17) is 0 Å². The van der Waals surface area contributed by atoms with E-state index in [0.29, 0.717) is 0 Å². The van der Waals surface area contributed by atoms with E-state index in [1.807, 2.05) is 0 Å². The average molecular weight is 775 g/mol. The van der Waals surface area contributed by atoms with Gasteiger partial charge >= 0.3 is 0 Å². The lowest BCUT2D eigenvalue weighted by Crippen LogP contribution is -2.36. The number of rotatable bonds is 6. The Balaban J connectivity index is 0.878. The van der Waals surface area contributed by atoms with Crippen molar-refractivity contribution in [1.82, 2.24) is 4.57 Å². The summed E-state index contributed by atoms with van der Waals surface area (Å²) in [5.41, 5.74) is 19.8. The maximum Gasteiger partial charge on any atom is 0.0725 e. The number of anilines is 3. The molecule has 1 aromatic heterocycles. The summed E-state index contributed by atoms with van der Waals surface area (Å²) in [7, 11) is 0. The topological polar surface area (TPSA) is 8.17 Å². The Morgan fingerprint density at radius 1 is 0.328 bits per heavy atom. The summed E-state index contributed by atoms with van der Waals surface area (Å²) < 4.78 is 2.40. The summed E-state index contributed by atoms with van der Waals surface area (Å²) in [5.74, 6) is 0. The summed E-state index contributed by atoms with van der Waals surface area (Å²) in [6, 6.07) is 84.8. The molecule has 2 aliphatic carbocycles. The molecule has 1 spiro atoms. The van der Waals surface area contributed by atoms with Gasteiger partial charge < -0.3 is 9.47 Å². The molecule has 2 aliphatic rings. The minimum absolute atomic E-state index is 0.251. The summed E-state index contributed by atoms with van der Waals surface area (Å²) >= 11 is 0. The lowest BCUT2D eigenvalue weighted by atomic mass is 9.58. The van der Waals surface area contributed by atoms with Crippen LogP contribution >= 0.6 is 0 Å². The van der Waals surface area contributed by atoms with Crippen molar-refractivity contribution in [2.75, 3.05) is 4.90 Å². The van der Waals surface area contributed by atoms with Crippen LogP contribution in [-0.2, 0) is 5.41 Å². The Labute approximate surface area is 354 Å². The zero-order valence-corrected chi connectivity index (χ0v) is 33.3. The molecule has 0 bridgehead atoms.